The molecule has 0 saturated carbocycles. The van der Waals surface area contributed by atoms with Crippen LogP contribution in [0.15, 0.2) is 48.5 Å². The van der Waals surface area contributed by atoms with Gasteiger partial charge in [0.2, 0.25) is 0 Å². The summed E-state index contributed by atoms with van der Waals surface area (Å²) in [4.78, 5) is 10.3. The Morgan fingerprint density at radius 3 is 2.76 bits per heavy atom. The van der Waals surface area contributed by atoms with E-state index in [1.54, 1.807) is 0 Å². The first-order valence-corrected chi connectivity index (χ1v) is 7.07. The van der Waals surface area contributed by atoms with Gasteiger partial charge >= 0.3 is 0 Å². The zero-order valence-corrected chi connectivity index (χ0v) is 12.0. The molecule has 0 radical (unpaired) electrons. The minimum Gasteiger partial charge on any atom is -0.492 e. The molecule has 0 saturated heterocycles. The first-order chi connectivity index (χ1) is 10.2. The normalized spacial score (nSPS) is 19.7. The molecule has 2 aromatic rings. The average molecular weight is 282 g/mol. The fraction of sp³-hybridized carbons (Fsp3) is 0.278. The molecule has 0 aromatic heterocycles. The summed E-state index contributed by atoms with van der Waals surface area (Å²) >= 11 is 0. The van der Waals surface area contributed by atoms with Crippen LogP contribution in [0.3, 0.4) is 0 Å². The molecule has 1 unspecified atom stereocenters. The van der Waals surface area contributed by atoms with Crippen LogP contribution in [0.1, 0.15) is 23.6 Å². The van der Waals surface area contributed by atoms with E-state index in [2.05, 4.69) is 37.3 Å². The van der Waals surface area contributed by atoms with Crippen molar-refractivity contribution in [1.29, 1.82) is 0 Å². The third-order valence-corrected chi connectivity index (χ3v) is 4.00. The molecule has 0 amide bonds. The van der Waals surface area contributed by atoms with Crippen molar-refractivity contribution in [2.45, 2.75) is 25.4 Å². The van der Waals surface area contributed by atoms with Gasteiger partial charge in [0.15, 0.2) is 0 Å². The minimum atomic E-state index is -0.0132. The van der Waals surface area contributed by atoms with Crippen molar-refractivity contribution in [1.82, 2.24) is 0 Å². The molecule has 108 valence electrons. The lowest BCUT2D eigenvalue weighted by Crippen LogP contribution is -2.26. The second-order valence-corrected chi connectivity index (χ2v) is 5.75. The van der Waals surface area contributed by atoms with E-state index < -0.39 is 0 Å². The molecule has 0 spiro atoms. The quantitative estimate of drug-likeness (QED) is 0.790. The Labute approximate surface area is 124 Å². The van der Waals surface area contributed by atoms with Crippen LogP contribution in [0, 0.1) is 0 Å². The van der Waals surface area contributed by atoms with Gasteiger partial charge in [0.25, 0.3) is 6.47 Å². The van der Waals surface area contributed by atoms with E-state index in [0.29, 0.717) is 13.1 Å². The highest BCUT2D eigenvalue weighted by Crippen LogP contribution is 2.41. The minimum absolute atomic E-state index is 0.0132. The maximum Gasteiger partial charge on any atom is 0.293 e. The molecule has 0 N–H and O–H groups in total. The number of ether oxygens (including phenoxy) is 2. The summed E-state index contributed by atoms with van der Waals surface area (Å²) < 4.78 is 10.7. The van der Waals surface area contributed by atoms with Gasteiger partial charge in [-0.3, -0.25) is 4.79 Å². The van der Waals surface area contributed by atoms with Gasteiger partial charge in [0, 0.05) is 11.0 Å². The molecule has 1 aliphatic rings. The number of carbonyl (C=O) groups is 1. The van der Waals surface area contributed by atoms with Crippen molar-refractivity contribution in [2.24, 2.45) is 0 Å². The Hall–Kier alpha value is -2.29. The summed E-state index contributed by atoms with van der Waals surface area (Å²) in [6, 6.07) is 16.5. The molecular weight excluding hydrogens is 264 g/mol. The van der Waals surface area contributed by atoms with Gasteiger partial charge in [-0.15, -0.1) is 0 Å². The number of hydrogen-bond donors (Lipinski definition) is 0. The van der Waals surface area contributed by atoms with Crippen LogP contribution in [0.4, 0.5) is 0 Å². The van der Waals surface area contributed by atoms with Gasteiger partial charge in [-0.2, -0.15) is 0 Å². The molecule has 1 atom stereocenters. The zero-order valence-electron chi connectivity index (χ0n) is 12.0. The Bertz CT molecular complexity index is 636. The van der Waals surface area contributed by atoms with Gasteiger partial charge < -0.3 is 9.47 Å². The molecule has 0 fully saturated rings. The van der Waals surface area contributed by atoms with Crippen molar-refractivity contribution in [3.8, 4) is 5.75 Å². The van der Waals surface area contributed by atoms with Crippen molar-refractivity contribution < 1.29 is 14.3 Å². The van der Waals surface area contributed by atoms with Crippen LogP contribution in [0.5, 0.6) is 5.75 Å². The van der Waals surface area contributed by atoms with Gasteiger partial charge in [0.1, 0.15) is 12.4 Å². The molecule has 3 rings (SSSR count). The number of fused-ring (bicyclic) bond motifs is 1. The highest BCUT2D eigenvalue weighted by molar-refractivity contribution is 5.47. The molecule has 3 heteroatoms. The SMILES string of the molecule is CC1(Cc2ccccc2)COc2cc(COC=O)ccc21. The van der Waals surface area contributed by atoms with E-state index in [0.717, 1.165) is 17.7 Å². The highest BCUT2D eigenvalue weighted by atomic mass is 16.5. The van der Waals surface area contributed by atoms with Crippen molar-refractivity contribution >= 4 is 6.47 Å². The van der Waals surface area contributed by atoms with Crippen molar-refractivity contribution in [3.63, 3.8) is 0 Å². The monoisotopic (exact) mass is 282 g/mol. The average Bonchev–Trinajstić information content (AvgIpc) is 2.83. The van der Waals surface area contributed by atoms with Crippen LogP contribution in [0.2, 0.25) is 0 Å². The second-order valence-electron chi connectivity index (χ2n) is 5.75. The van der Waals surface area contributed by atoms with Crippen LogP contribution in [-0.4, -0.2) is 13.1 Å². The summed E-state index contributed by atoms with van der Waals surface area (Å²) in [6.45, 7) is 3.66. The van der Waals surface area contributed by atoms with Crippen molar-refractivity contribution in [2.75, 3.05) is 6.61 Å². The number of carbonyl (C=O) groups excluding carboxylic acids is 1. The van der Waals surface area contributed by atoms with Crippen LogP contribution >= 0.6 is 0 Å². The largest absolute Gasteiger partial charge is 0.492 e. The summed E-state index contributed by atoms with van der Waals surface area (Å²) in [5, 5.41) is 0. The van der Waals surface area contributed by atoms with E-state index in [1.807, 2.05) is 18.2 Å². The lowest BCUT2D eigenvalue weighted by atomic mass is 9.79. The zero-order chi connectivity index (χ0) is 14.7. The molecule has 3 nitrogen and oxygen atoms in total. The second kappa shape index (κ2) is 5.60. The highest BCUT2D eigenvalue weighted by Gasteiger charge is 2.36. The van der Waals surface area contributed by atoms with Gasteiger partial charge in [-0.25, -0.2) is 0 Å². The predicted octanol–water partition coefficient (Wildman–Crippen LogP) is 3.25. The van der Waals surface area contributed by atoms with Crippen LogP contribution in [0.25, 0.3) is 0 Å². The van der Waals surface area contributed by atoms with Gasteiger partial charge in [0.05, 0.1) is 6.61 Å². The van der Waals surface area contributed by atoms with Crippen LogP contribution in [-0.2, 0) is 28.0 Å². The fourth-order valence-corrected chi connectivity index (χ4v) is 2.91. The number of rotatable bonds is 5. The Morgan fingerprint density at radius 2 is 2.00 bits per heavy atom. The van der Waals surface area contributed by atoms with E-state index >= 15 is 0 Å². The number of benzene rings is 2. The molecule has 1 aliphatic heterocycles. The Balaban J connectivity index is 1.84. The fourth-order valence-electron chi connectivity index (χ4n) is 2.91. The first-order valence-electron chi connectivity index (χ1n) is 7.07. The van der Waals surface area contributed by atoms with Gasteiger partial charge in [-0.05, 0) is 23.6 Å². The third kappa shape index (κ3) is 2.77. The standard InChI is InChI=1S/C18H18O3/c1-18(10-14-5-3-2-4-6-14)12-21-17-9-15(11-20-13-19)7-8-16(17)18/h2-9,13H,10-12H2,1H3. The molecule has 0 bridgehead atoms. The predicted molar refractivity (Wildman–Crippen MR) is 80.3 cm³/mol. The topological polar surface area (TPSA) is 35.5 Å². The molecule has 2 aromatic carbocycles. The van der Waals surface area contributed by atoms with E-state index in [4.69, 9.17) is 9.47 Å². The van der Waals surface area contributed by atoms with Crippen LogP contribution < -0.4 is 4.74 Å². The summed E-state index contributed by atoms with van der Waals surface area (Å²) in [5.74, 6) is 0.903. The smallest absolute Gasteiger partial charge is 0.293 e. The Morgan fingerprint density at radius 1 is 1.19 bits per heavy atom. The molecule has 1 heterocycles. The molecular formula is C18H18O3. The van der Waals surface area contributed by atoms with E-state index in [1.165, 1.54) is 11.1 Å². The summed E-state index contributed by atoms with van der Waals surface area (Å²) in [5.41, 5.74) is 3.47. The summed E-state index contributed by atoms with van der Waals surface area (Å²) in [7, 11) is 0. The van der Waals surface area contributed by atoms with E-state index in [-0.39, 0.29) is 12.0 Å². The van der Waals surface area contributed by atoms with E-state index in [9.17, 15) is 4.79 Å². The maximum atomic E-state index is 10.3. The van der Waals surface area contributed by atoms with Gasteiger partial charge in [-0.1, -0.05) is 49.4 Å². The molecule has 0 aliphatic carbocycles. The third-order valence-electron chi connectivity index (χ3n) is 4.00. The molecule has 21 heavy (non-hydrogen) atoms. The lowest BCUT2D eigenvalue weighted by Gasteiger charge is -2.22. The Kier molecular flexibility index (Phi) is 3.65. The summed E-state index contributed by atoms with van der Waals surface area (Å²) in [6.07, 6.45) is 0.949. The van der Waals surface area contributed by atoms with Crippen molar-refractivity contribution in [3.05, 3.63) is 65.2 Å². The lowest BCUT2D eigenvalue weighted by molar-refractivity contribution is -0.129. The maximum absolute atomic E-state index is 10.3. The first kappa shape index (κ1) is 13.7. The number of hydrogen-bond acceptors (Lipinski definition) is 3.